The Bertz CT molecular complexity index is 1240. The third kappa shape index (κ3) is 5.88. The summed E-state index contributed by atoms with van der Waals surface area (Å²) in [4.78, 5) is 12.4. The molecular weight excluding hydrogens is 507 g/mol. The van der Waals surface area contributed by atoms with Gasteiger partial charge < -0.3 is 29.4 Å². The molecule has 12 heteroatoms. The summed E-state index contributed by atoms with van der Waals surface area (Å²) in [6.07, 6.45) is -1.17. The van der Waals surface area contributed by atoms with Crippen LogP contribution in [0.3, 0.4) is 0 Å². The fourth-order valence-electron chi connectivity index (χ4n) is 4.86. The minimum atomic E-state index is -4.11. The Kier molecular flexibility index (Phi) is 7.63. The molecule has 3 aliphatic rings. The Morgan fingerprint density at radius 2 is 1.95 bits per heavy atom. The molecule has 2 N–H and O–H groups in total. The van der Waals surface area contributed by atoms with Crippen molar-refractivity contribution >= 4 is 15.9 Å². The number of aliphatic hydroxyl groups excluding tert-OH is 1. The molecule has 0 aromatic heterocycles. The second-order valence-corrected chi connectivity index (χ2v) is 11.2. The van der Waals surface area contributed by atoms with Crippen LogP contribution in [0.5, 0.6) is 11.5 Å². The number of carbonyl (C=O) groups is 1. The van der Waals surface area contributed by atoms with E-state index in [1.54, 1.807) is 6.07 Å². The van der Waals surface area contributed by atoms with E-state index >= 15 is 0 Å². The zero-order valence-electron chi connectivity index (χ0n) is 20.0. The number of ether oxygens (including phenoxy) is 4. The molecule has 0 spiro atoms. The number of fused-ring (bicyclic) bond motifs is 2. The van der Waals surface area contributed by atoms with Gasteiger partial charge in [-0.15, -0.1) is 0 Å². The molecule has 2 aromatic carbocycles. The molecule has 2 aromatic rings. The summed E-state index contributed by atoms with van der Waals surface area (Å²) in [5.74, 6) is 0.441. The Morgan fingerprint density at radius 1 is 1.11 bits per heavy atom. The van der Waals surface area contributed by atoms with Gasteiger partial charge in [0.25, 0.3) is 0 Å². The van der Waals surface area contributed by atoms with Crippen LogP contribution in [0.15, 0.2) is 47.4 Å². The number of amides is 1. The third-order valence-electron chi connectivity index (χ3n) is 6.68. The number of β-amino-alcohol motifs (C(OH)–C–C–N with tert-alkyl or cyclic N) is 1. The van der Waals surface area contributed by atoms with Crippen molar-refractivity contribution in [1.29, 1.82) is 0 Å². The van der Waals surface area contributed by atoms with E-state index in [1.807, 2.05) is 12.1 Å². The fraction of sp³-hybridized carbons (Fsp3) is 0.480. The van der Waals surface area contributed by atoms with Gasteiger partial charge in [0.05, 0.1) is 48.9 Å². The molecule has 4 atom stereocenters. The number of benzene rings is 2. The summed E-state index contributed by atoms with van der Waals surface area (Å²) in [5.41, 5.74) is 0.868. The molecule has 37 heavy (non-hydrogen) atoms. The van der Waals surface area contributed by atoms with Crippen molar-refractivity contribution in [2.75, 3.05) is 26.6 Å². The van der Waals surface area contributed by atoms with Crippen LogP contribution in [0.1, 0.15) is 24.8 Å². The van der Waals surface area contributed by atoms with E-state index in [1.165, 1.54) is 22.5 Å². The Balaban J connectivity index is 1.23. The highest BCUT2D eigenvalue weighted by molar-refractivity contribution is 7.89. The van der Waals surface area contributed by atoms with Crippen LogP contribution in [0, 0.1) is 5.82 Å². The lowest BCUT2D eigenvalue weighted by Gasteiger charge is -2.43. The van der Waals surface area contributed by atoms with E-state index < -0.39 is 40.2 Å². The first-order valence-electron chi connectivity index (χ1n) is 12.1. The third-order valence-corrected chi connectivity index (χ3v) is 8.56. The van der Waals surface area contributed by atoms with E-state index in [0.717, 1.165) is 11.6 Å². The predicted molar refractivity (Wildman–Crippen MR) is 128 cm³/mol. The van der Waals surface area contributed by atoms with E-state index in [-0.39, 0.29) is 43.8 Å². The first-order chi connectivity index (χ1) is 17.8. The van der Waals surface area contributed by atoms with Gasteiger partial charge in [0, 0.05) is 13.1 Å². The summed E-state index contributed by atoms with van der Waals surface area (Å²) < 4.78 is 64.2. The van der Waals surface area contributed by atoms with Gasteiger partial charge in [0.1, 0.15) is 5.82 Å². The monoisotopic (exact) mass is 536 g/mol. The van der Waals surface area contributed by atoms with E-state index in [4.69, 9.17) is 18.9 Å². The highest BCUT2D eigenvalue weighted by Gasteiger charge is 2.43. The number of halogens is 1. The lowest BCUT2D eigenvalue weighted by Crippen LogP contribution is -2.57. The van der Waals surface area contributed by atoms with Gasteiger partial charge in [-0.2, -0.15) is 4.31 Å². The van der Waals surface area contributed by atoms with E-state index in [9.17, 15) is 22.7 Å². The van der Waals surface area contributed by atoms with Crippen molar-refractivity contribution in [2.45, 2.75) is 55.1 Å². The number of aliphatic hydroxyl groups is 1. The largest absolute Gasteiger partial charge is 0.454 e. The van der Waals surface area contributed by atoms with Crippen molar-refractivity contribution in [3.8, 4) is 11.5 Å². The van der Waals surface area contributed by atoms with Gasteiger partial charge >= 0.3 is 0 Å². The van der Waals surface area contributed by atoms with Gasteiger partial charge in [0.2, 0.25) is 22.7 Å². The van der Waals surface area contributed by atoms with Crippen LogP contribution in [-0.2, 0) is 30.8 Å². The molecule has 3 aliphatic heterocycles. The molecule has 0 aliphatic carbocycles. The normalized spacial score (nSPS) is 26.1. The predicted octanol–water partition coefficient (Wildman–Crippen LogP) is 1.56. The van der Waals surface area contributed by atoms with Crippen LogP contribution in [0.4, 0.5) is 4.39 Å². The number of sulfonamides is 1. The van der Waals surface area contributed by atoms with Gasteiger partial charge in [-0.1, -0.05) is 12.1 Å². The van der Waals surface area contributed by atoms with Crippen LogP contribution < -0.4 is 14.8 Å². The number of rotatable bonds is 6. The summed E-state index contributed by atoms with van der Waals surface area (Å²) in [5, 5.41) is 13.2. The van der Waals surface area contributed by atoms with Gasteiger partial charge in [-0.25, -0.2) is 12.8 Å². The average molecular weight is 537 g/mol. The number of nitrogens with one attached hydrogen (secondary N) is 1. The van der Waals surface area contributed by atoms with Gasteiger partial charge in [-0.05, 0) is 48.7 Å². The van der Waals surface area contributed by atoms with Crippen LogP contribution >= 0.6 is 0 Å². The van der Waals surface area contributed by atoms with E-state index in [0.29, 0.717) is 30.9 Å². The standard InChI is InChI=1S/C25H29FN2O8S/c26-17-2-1-3-20(9-17)37(31,32)28-12-18(29)13-33-14-24-21(28)6-5-19(36-24)10-25(30)27-11-16-4-7-22-23(8-16)35-15-34-22/h1-4,7-9,18-19,21,24,29H,5-6,10-15H2,(H,27,30)/t18-,19+,21-,24+/m0/s1. The van der Waals surface area contributed by atoms with Crippen LogP contribution in [0.2, 0.25) is 0 Å². The molecule has 0 unspecified atom stereocenters. The smallest absolute Gasteiger partial charge is 0.243 e. The topological polar surface area (TPSA) is 124 Å². The maximum atomic E-state index is 13.8. The summed E-state index contributed by atoms with van der Waals surface area (Å²) in [6.45, 7) is 0.281. The minimum absolute atomic E-state index is 0.0617. The molecule has 2 saturated heterocycles. The fourth-order valence-corrected chi connectivity index (χ4v) is 6.61. The number of nitrogens with zero attached hydrogens (tertiary/aromatic N) is 1. The minimum Gasteiger partial charge on any atom is -0.454 e. The molecule has 0 bridgehead atoms. The first kappa shape index (κ1) is 25.9. The Morgan fingerprint density at radius 3 is 2.78 bits per heavy atom. The Hall–Kier alpha value is -2.77. The number of hydrogen-bond acceptors (Lipinski definition) is 8. The Labute approximate surface area is 214 Å². The molecular formula is C25H29FN2O8S. The second kappa shape index (κ2) is 10.9. The maximum absolute atomic E-state index is 13.8. The van der Waals surface area contributed by atoms with Crippen LogP contribution in [0.25, 0.3) is 0 Å². The molecule has 2 fully saturated rings. The maximum Gasteiger partial charge on any atom is 0.243 e. The number of carbonyl (C=O) groups excluding carboxylic acids is 1. The molecule has 200 valence electrons. The molecule has 0 saturated carbocycles. The second-order valence-electron chi connectivity index (χ2n) is 9.33. The zero-order chi connectivity index (χ0) is 26.0. The van der Waals surface area contributed by atoms with Crippen molar-refractivity contribution in [3.63, 3.8) is 0 Å². The number of hydrogen-bond donors (Lipinski definition) is 2. The lowest BCUT2D eigenvalue weighted by molar-refractivity contribution is -0.146. The van der Waals surface area contributed by atoms with E-state index in [2.05, 4.69) is 5.32 Å². The summed E-state index contributed by atoms with van der Waals surface area (Å²) >= 11 is 0. The first-order valence-corrected chi connectivity index (χ1v) is 13.6. The van der Waals surface area contributed by atoms with Crippen LogP contribution in [-0.4, -0.2) is 74.6 Å². The van der Waals surface area contributed by atoms with Gasteiger partial charge in [-0.3, -0.25) is 4.79 Å². The molecule has 1 amide bonds. The molecule has 3 heterocycles. The van der Waals surface area contributed by atoms with Crippen molar-refractivity contribution < 1.29 is 41.7 Å². The molecule has 10 nitrogen and oxygen atoms in total. The van der Waals surface area contributed by atoms with Crippen molar-refractivity contribution in [1.82, 2.24) is 9.62 Å². The summed E-state index contributed by atoms with van der Waals surface area (Å²) in [6, 6.07) is 9.62. The highest BCUT2D eigenvalue weighted by Crippen LogP contribution is 2.33. The molecule has 5 rings (SSSR count). The zero-order valence-corrected chi connectivity index (χ0v) is 20.9. The summed E-state index contributed by atoms with van der Waals surface area (Å²) in [7, 11) is -4.11. The average Bonchev–Trinajstić information content (AvgIpc) is 3.33. The van der Waals surface area contributed by atoms with Gasteiger partial charge in [0.15, 0.2) is 11.5 Å². The molecule has 0 radical (unpaired) electrons. The highest BCUT2D eigenvalue weighted by atomic mass is 32.2. The lowest BCUT2D eigenvalue weighted by atomic mass is 9.96. The van der Waals surface area contributed by atoms with Crippen molar-refractivity contribution in [3.05, 3.63) is 53.8 Å². The van der Waals surface area contributed by atoms with Crippen molar-refractivity contribution in [2.24, 2.45) is 0 Å². The SMILES string of the molecule is O=C(C[C@H]1CC[C@H]2[C@@H](COC[C@@H](O)CN2S(=O)(=O)c2cccc(F)c2)O1)NCc1ccc2c(c1)OCO2. The quantitative estimate of drug-likeness (QED) is 0.570.